The van der Waals surface area contributed by atoms with Crippen LogP contribution in [0.5, 0.6) is 0 Å². The van der Waals surface area contributed by atoms with Crippen LogP contribution in [-0.4, -0.2) is 181 Å². The predicted octanol–water partition coefficient (Wildman–Crippen LogP) is 18.6. The summed E-state index contributed by atoms with van der Waals surface area (Å²) in [7, 11) is -3.27. The SMILES string of the molecule is CC(=O)OCC(C)(COC(=O)OCC(F)(F)COC(=O)C(C)(C)CC(Br)c1ccc([Si](C)(C)C)cc1)C(=O)OCc1ccccc1.CC(C)(CC(Br)c1ccc([Si](C)(C)C)cc1)C(=O)OCC(F)(F)C(F)(F)C(F)(F)C(F)(F)C(F)(F)C(F)(F)C(F)(F)C(F)(F)C(F)(F)C(F)(F)CO.CC1(C(=O)OCc2ccccc2)COC(=O)OC1. The largest absolute Gasteiger partial charge is 0.508 e. The second-order valence-electron chi connectivity index (χ2n) is 30.7. The molecule has 116 heavy (non-hydrogen) atoms. The number of halogens is 24. The zero-order valence-corrected chi connectivity index (χ0v) is 69.3. The van der Waals surface area contributed by atoms with Gasteiger partial charge >= 0.3 is 107 Å². The van der Waals surface area contributed by atoms with Crippen LogP contribution in [0.15, 0.2) is 109 Å². The Morgan fingerprint density at radius 1 is 0.431 bits per heavy atom. The number of esters is 5. The van der Waals surface area contributed by atoms with E-state index in [1.54, 1.807) is 75.4 Å². The summed E-state index contributed by atoms with van der Waals surface area (Å²) in [6, 6.07) is 32.8. The summed E-state index contributed by atoms with van der Waals surface area (Å²) in [5.74, 6) is -92.6. The topological polar surface area (TPSA) is 223 Å². The van der Waals surface area contributed by atoms with E-state index in [-0.39, 0.29) is 37.7 Å². The van der Waals surface area contributed by atoms with Crippen LogP contribution in [0.3, 0.4) is 0 Å². The fourth-order valence-electron chi connectivity index (χ4n) is 9.55. The Kier molecular flexibility index (Phi) is 34.0. The first-order valence-electron chi connectivity index (χ1n) is 34.1. The van der Waals surface area contributed by atoms with E-state index in [4.69, 9.17) is 38.3 Å². The van der Waals surface area contributed by atoms with Crippen molar-refractivity contribution in [3.8, 4) is 0 Å². The van der Waals surface area contributed by atoms with Gasteiger partial charge in [-0.3, -0.25) is 24.0 Å². The number of hydrogen-bond donors (Lipinski definition) is 1. The smallest absolute Gasteiger partial charge is 0.465 e. The van der Waals surface area contributed by atoms with Crippen LogP contribution in [0, 0.1) is 21.7 Å². The normalized spacial score (nSPS) is 15.5. The third-order valence-electron chi connectivity index (χ3n) is 17.4. The molecule has 43 heteroatoms. The monoisotopic (exact) mass is 1860 g/mol. The molecule has 0 aromatic heterocycles. The highest BCUT2D eigenvalue weighted by molar-refractivity contribution is 9.09. The second kappa shape index (κ2) is 38.3. The van der Waals surface area contributed by atoms with E-state index in [2.05, 4.69) is 73.1 Å². The highest BCUT2D eigenvalue weighted by atomic mass is 79.9. The summed E-state index contributed by atoms with van der Waals surface area (Å²) >= 11 is 6.75. The molecule has 0 amide bonds. The van der Waals surface area contributed by atoms with E-state index in [9.17, 15) is 130 Å². The molecule has 0 spiro atoms. The summed E-state index contributed by atoms with van der Waals surface area (Å²) in [5, 5.41) is 10.3. The Morgan fingerprint density at radius 3 is 1.10 bits per heavy atom. The van der Waals surface area contributed by atoms with Gasteiger partial charge in [-0.15, -0.1) is 0 Å². The minimum absolute atomic E-state index is 0.0144. The average molecular weight is 1870 g/mol. The van der Waals surface area contributed by atoms with Crippen molar-refractivity contribution in [2.24, 2.45) is 21.7 Å². The van der Waals surface area contributed by atoms with Crippen LogP contribution < -0.4 is 10.4 Å². The molecule has 3 atom stereocenters. The number of benzene rings is 4. The van der Waals surface area contributed by atoms with Crippen molar-refractivity contribution in [2.75, 3.05) is 52.9 Å². The zero-order valence-electron chi connectivity index (χ0n) is 64.1. The first-order chi connectivity index (χ1) is 52.4. The Labute approximate surface area is 670 Å². The standard InChI is InChI=1S/C33H43BrF2O9Si.C27H27BrF20O3Si.C13H14O5/c1-23(37)42-19-32(4,29(39)41-18-24-11-9-8-10-12-24)20-44-30(40)45-22-33(35,36)21-43-28(38)31(2,3)17-27(34)25-13-15-26(16-14-25)46(5,6)7;1-17(2,10-15(28)13-6-8-14(9-7-13)52(3,4)5)16(50)51-12-19(31,32)21(35,36)23(39,40)25(43,44)27(47,48)26(45,46)24(41,42)22(37,38)20(33,34)18(29,30)11-49;1-13(8-17-12(15)18-9-13)11(14)16-7-10-5-3-2-4-6-10/h8-16,27H,17-22H2,1-7H3;6-9,15,49H,10-12H2,1-5H3;2-6H,7-9H2,1H3. The van der Waals surface area contributed by atoms with Crippen molar-refractivity contribution < 1.29 is 178 Å². The maximum absolute atomic E-state index is 14.5. The van der Waals surface area contributed by atoms with Gasteiger partial charge < -0.3 is 47.7 Å². The van der Waals surface area contributed by atoms with Gasteiger partial charge in [0.05, 0.1) is 27.0 Å². The summed E-state index contributed by atoms with van der Waals surface area (Å²) in [6.45, 7) is 10.9. The van der Waals surface area contributed by atoms with Crippen molar-refractivity contribution >= 4 is 101 Å². The fourth-order valence-corrected chi connectivity index (χ4v) is 14.1. The number of ether oxygens (including phenoxy) is 9. The molecule has 1 heterocycles. The van der Waals surface area contributed by atoms with Crippen LogP contribution in [0.1, 0.15) is 93.2 Å². The maximum Gasteiger partial charge on any atom is 0.508 e. The van der Waals surface area contributed by atoms with Crippen LogP contribution in [0.25, 0.3) is 0 Å². The number of rotatable bonds is 36. The molecule has 1 aliphatic heterocycles. The van der Waals surface area contributed by atoms with E-state index in [0.717, 1.165) is 37.1 Å². The Balaban J connectivity index is 0.000000495. The summed E-state index contributed by atoms with van der Waals surface area (Å²) < 4.78 is 350. The molecule has 0 bridgehead atoms. The van der Waals surface area contributed by atoms with E-state index in [0.29, 0.717) is 11.1 Å². The molecule has 1 saturated heterocycles. The third-order valence-corrected chi connectivity index (χ3v) is 23.2. The molecule has 4 aromatic carbocycles. The number of carbonyl (C=O) groups is 7. The Bertz CT molecular complexity index is 3960. The molecule has 17 nitrogen and oxygen atoms in total. The molecule has 1 fully saturated rings. The van der Waals surface area contributed by atoms with Gasteiger partial charge in [-0.25, -0.2) is 9.59 Å². The molecular weight excluding hydrogens is 1780 g/mol. The predicted molar refractivity (Wildman–Crippen MR) is 382 cm³/mol. The first kappa shape index (κ1) is 103. The molecule has 4 aromatic rings. The molecule has 0 aliphatic carbocycles. The van der Waals surface area contributed by atoms with Gasteiger partial charge in [-0.1, -0.05) is 191 Å². The molecule has 654 valence electrons. The van der Waals surface area contributed by atoms with Crippen molar-refractivity contribution in [3.63, 3.8) is 0 Å². The highest BCUT2D eigenvalue weighted by Crippen LogP contribution is 2.66. The molecule has 1 aliphatic rings. The summed E-state index contributed by atoms with van der Waals surface area (Å²) in [5.41, 5.74) is -2.75. The second-order valence-corrected chi connectivity index (χ2v) is 43.1. The van der Waals surface area contributed by atoms with E-state index >= 15 is 0 Å². The molecule has 1 N–H and O–H groups in total. The lowest BCUT2D eigenvalue weighted by molar-refractivity contribution is -0.469. The average Bonchev–Trinajstić information content (AvgIpc) is 0.685. The van der Waals surface area contributed by atoms with Crippen molar-refractivity contribution in [1.29, 1.82) is 0 Å². The minimum Gasteiger partial charge on any atom is -0.465 e. The van der Waals surface area contributed by atoms with Gasteiger partial charge in [0, 0.05) is 16.6 Å². The zero-order chi connectivity index (χ0) is 89.7. The van der Waals surface area contributed by atoms with E-state index < -0.39 is 196 Å². The number of cyclic esters (lactones) is 2. The minimum atomic E-state index is -9.18. The number of hydrogen-bond acceptors (Lipinski definition) is 17. The number of carbonyl (C=O) groups excluding carboxylic acids is 7. The quantitative estimate of drug-likeness (QED) is 0.0147. The number of aliphatic hydroxyl groups excluding tert-OH is 1. The van der Waals surface area contributed by atoms with Gasteiger partial charge in [0.25, 0.3) is 0 Å². The number of aliphatic hydroxyl groups is 1. The fraction of sp³-hybridized carbons (Fsp3) is 0.575. The molecule has 3 unspecified atom stereocenters. The summed E-state index contributed by atoms with van der Waals surface area (Å²) in [6.07, 6.45) is -2.42. The van der Waals surface area contributed by atoms with E-state index in [1.165, 1.54) is 12.1 Å². The molecule has 0 radical (unpaired) electrons. The van der Waals surface area contributed by atoms with Crippen molar-refractivity contribution in [2.45, 2.75) is 189 Å². The van der Waals surface area contributed by atoms with Crippen molar-refractivity contribution in [1.82, 2.24) is 0 Å². The van der Waals surface area contributed by atoms with Crippen LogP contribution in [0.2, 0.25) is 39.3 Å². The van der Waals surface area contributed by atoms with Gasteiger partial charge in [-0.05, 0) is 76.6 Å². The van der Waals surface area contributed by atoms with Crippen LogP contribution >= 0.6 is 31.9 Å². The lowest BCUT2D eigenvalue weighted by Crippen LogP contribution is -2.77. The molecule has 5 rings (SSSR count). The number of alkyl halides is 24. The van der Waals surface area contributed by atoms with Gasteiger partial charge in [-0.2, -0.15) is 96.6 Å². The van der Waals surface area contributed by atoms with Crippen molar-refractivity contribution in [3.05, 3.63) is 131 Å². The van der Waals surface area contributed by atoms with Gasteiger partial charge in [0.2, 0.25) is 0 Å². The van der Waals surface area contributed by atoms with Crippen LogP contribution in [0.4, 0.5) is 106 Å². The lowest BCUT2D eigenvalue weighted by atomic mass is 9.85. The maximum atomic E-state index is 14.5. The Morgan fingerprint density at radius 2 is 0.750 bits per heavy atom. The molecule has 0 saturated carbocycles. The van der Waals surface area contributed by atoms with Crippen LogP contribution in [-0.2, 0) is 79.8 Å². The van der Waals surface area contributed by atoms with Gasteiger partial charge in [0.15, 0.2) is 19.8 Å². The highest BCUT2D eigenvalue weighted by Gasteiger charge is 2.97. The summed E-state index contributed by atoms with van der Waals surface area (Å²) in [4.78, 5) is 83.1. The van der Waals surface area contributed by atoms with Gasteiger partial charge in [0.1, 0.15) is 57.1 Å². The molecular formula is C73H84Br2F22O17Si2. The van der Waals surface area contributed by atoms with E-state index in [1.807, 2.05) is 62.1 Å². The third kappa shape index (κ3) is 24.9. The first-order valence-corrected chi connectivity index (χ1v) is 43.0. The lowest BCUT2D eigenvalue weighted by Gasteiger charge is -2.45. The Hall–Kier alpha value is -7.42.